The van der Waals surface area contributed by atoms with Gasteiger partial charge in [-0.2, -0.15) is 0 Å². The molecule has 0 bridgehead atoms. The molecular formula is C15H18FN3OS. The summed E-state index contributed by atoms with van der Waals surface area (Å²) in [4.78, 5) is 19.4. The molecule has 0 radical (unpaired) electrons. The molecule has 0 aliphatic heterocycles. The van der Waals surface area contributed by atoms with Gasteiger partial charge < -0.3 is 10.7 Å². The van der Waals surface area contributed by atoms with Gasteiger partial charge >= 0.3 is 0 Å². The van der Waals surface area contributed by atoms with Crippen molar-refractivity contribution >= 4 is 11.8 Å². The standard InChI is InChI=1S/C15H18FN3OS/c1-2-3-12-9-14(20)19-15(18-12)21-13-7-10(4-5-17)6-11(16)8-13/h6-9H,2-5,17H2,1H3,(H,18,19,20). The van der Waals surface area contributed by atoms with E-state index in [-0.39, 0.29) is 11.4 Å². The third-order valence-electron chi connectivity index (χ3n) is 2.86. The van der Waals surface area contributed by atoms with E-state index in [4.69, 9.17) is 5.73 Å². The lowest BCUT2D eigenvalue weighted by atomic mass is 10.1. The number of nitrogens with one attached hydrogen (secondary N) is 1. The van der Waals surface area contributed by atoms with Crippen LogP contribution < -0.4 is 11.3 Å². The molecule has 1 heterocycles. The lowest BCUT2D eigenvalue weighted by molar-refractivity contribution is 0.621. The molecule has 0 spiro atoms. The van der Waals surface area contributed by atoms with Gasteiger partial charge in [-0.3, -0.25) is 4.79 Å². The van der Waals surface area contributed by atoms with Crippen molar-refractivity contribution in [3.8, 4) is 0 Å². The minimum Gasteiger partial charge on any atom is -0.330 e. The van der Waals surface area contributed by atoms with E-state index < -0.39 is 0 Å². The molecule has 1 aromatic heterocycles. The monoisotopic (exact) mass is 307 g/mol. The smallest absolute Gasteiger partial charge is 0.251 e. The van der Waals surface area contributed by atoms with Crippen molar-refractivity contribution < 1.29 is 4.39 Å². The molecule has 0 unspecified atom stereocenters. The second-order valence-corrected chi connectivity index (χ2v) is 5.79. The molecule has 0 saturated carbocycles. The highest BCUT2D eigenvalue weighted by Crippen LogP contribution is 2.26. The summed E-state index contributed by atoms with van der Waals surface area (Å²) in [5.74, 6) is -0.310. The van der Waals surface area contributed by atoms with Gasteiger partial charge in [0.15, 0.2) is 5.16 Å². The van der Waals surface area contributed by atoms with E-state index in [2.05, 4.69) is 9.97 Å². The summed E-state index contributed by atoms with van der Waals surface area (Å²) < 4.78 is 13.6. The number of aromatic nitrogens is 2. The third-order valence-corrected chi connectivity index (χ3v) is 3.72. The average Bonchev–Trinajstić information content (AvgIpc) is 2.37. The first-order valence-electron chi connectivity index (χ1n) is 6.88. The number of aryl methyl sites for hydroxylation is 1. The van der Waals surface area contributed by atoms with Crippen LogP contribution in [0.4, 0.5) is 4.39 Å². The van der Waals surface area contributed by atoms with E-state index in [9.17, 15) is 9.18 Å². The van der Waals surface area contributed by atoms with Crippen LogP contribution in [-0.2, 0) is 12.8 Å². The van der Waals surface area contributed by atoms with Crippen LogP contribution in [-0.4, -0.2) is 16.5 Å². The fourth-order valence-corrected chi connectivity index (χ4v) is 2.94. The molecule has 4 nitrogen and oxygen atoms in total. The summed E-state index contributed by atoms with van der Waals surface area (Å²) in [5, 5.41) is 0.482. The molecule has 0 fully saturated rings. The first kappa shape index (κ1) is 15.7. The average molecular weight is 307 g/mol. The molecule has 0 aliphatic carbocycles. The van der Waals surface area contributed by atoms with Gasteiger partial charge in [0.05, 0.1) is 0 Å². The number of nitrogens with zero attached hydrogens (tertiary/aromatic N) is 1. The molecule has 2 aromatic rings. The number of aromatic amines is 1. The van der Waals surface area contributed by atoms with E-state index in [1.165, 1.54) is 30.0 Å². The summed E-state index contributed by atoms with van der Waals surface area (Å²) in [7, 11) is 0. The molecular weight excluding hydrogens is 289 g/mol. The zero-order valence-electron chi connectivity index (χ0n) is 11.9. The van der Waals surface area contributed by atoms with Crippen LogP contribution in [0.5, 0.6) is 0 Å². The fraction of sp³-hybridized carbons (Fsp3) is 0.333. The van der Waals surface area contributed by atoms with Crippen molar-refractivity contribution in [3.63, 3.8) is 0 Å². The highest BCUT2D eigenvalue weighted by Gasteiger charge is 2.06. The first-order chi connectivity index (χ1) is 10.1. The summed E-state index contributed by atoms with van der Waals surface area (Å²) in [5.41, 5.74) is 6.90. The number of H-pyrrole nitrogens is 1. The summed E-state index contributed by atoms with van der Waals surface area (Å²) in [6, 6.07) is 6.27. The largest absolute Gasteiger partial charge is 0.330 e. The second kappa shape index (κ2) is 7.38. The van der Waals surface area contributed by atoms with Crippen molar-refractivity contribution in [2.24, 2.45) is 5.73 Å². The molecule has 6 heteroatoms. The number of rotatable bonds is 6. The highest BCUT2D eigenvalue weighted by molar-refractivity contribution is 7.99. The van der Waals surface area contributed by atoms with Gasteiger partial charge in [-0.1, -0.05) is 25.1 Å². The van der Waals surface area contributed by atoms with Gasteiger partial charge in [-0.15, -0.1) is 0 Å². The lowest BCUT2D eigenvalue weighted by Gasteiger charge is -2.06. The maximum absolute atomic E-state index is 13.6. The molecule has 112 valence electrons. The topological polar surface area (TPSA) is 71.8 Å². The first-order valence-corrected chi connectivity index (χ1v) is 7.70. The number of halogens is 1. The molecule has 21 heavy (non-hydrogen) atoms. The molecule has 0 saturated heterocycles. The normalized spacial score (nSPS) is 10.8. The van der Waals surface area contributed by atoms with Crippen molar-refractivity contribution in [3.05, 3.63) is 51.7 Å². The van der Waals surface area contributed by atoms with Crippen molar-refractivity contribution in [2.75, 3.05) is 6.54 Å². The Morgan fingerprint density at radius 1 is 1.29 bits per heavy atom. The Morgan fingerprint density at radius 3 is 2.81 bits per heavy atom. The molecule has 2 rings (SSSR count). The molecule has 1 aromatic carbocycles. The van der Waals surface area contributed by atoms with E-state index in [1.54, 1.807) is 0 Å². The molecule has 3 N–H and O–H groups in total. The Labute approximate surface area is 127 Å². The zero-order chi connectivity index (χ0) is 15.2. The number of hydrogen-bond acceptors (Lipinski definition) is 4. The van der Waals surface area contributed by atoms with E-state index >= 15 is 0 Å². The Balaban J connectivity index is 2.27. The van der Waals surface area contributed by atoms with Gasteiger partial charge in [0.2, 0.25) is 0 Å². The van der Waals surface area contributed by atoms with Crippen LogP contribution in [0.15, 0.2) is 39.1 Å². The summed E-state index contributed by atoms with van der Waals surface area (Å²) in [6.45, 7) is 2.50. The van der Waals surface area contributed by atoms with Crippen molar-refractivity contribution in [2.45, 2.75) is 36.2 Å². The predicted molar refractivity (Wildman–Crippen MR) is 82.1 cm³/mol. The Bertz CT molecular complexity index is 672. The quantitative estimate of drug-likeness (QED) is 0.804. The highest BCUT2D eigenvalue weighted by atomic mass is 32.2. The maximum atomic E-state index is 13.6. The van der Waals surface area contributed by atoms with E-state index in [0.29, 0.717) is 23.0 Å². The van der Waals surface area contributed by atoms with Gasteiger partial charge in [0, 0.05) is 16.7 Å². The van der Waals surface area contributed by atoms with Crippen molar-refractivity contribution in [1.82, 2.24) is 9.97 Å². The van der Waals surface area contributed by atoms with E-state index in [1.807, 2.05) is 13.0 Å². The molecule has 0 atom stereocenters. The van der Waals surface area contributed by atoms with Crippen LogP contribution in [0.1, 0.15) is 24.6 Å². The molecule has 0 aliphatic rings. The van der Waals surface area contributed by atoms with Crippen molar-refractivity contribution in [1.29, 1.82) is 0 Å². The Kier molecular flexibility index (Phi) is 5.52. The number of hydrogen-bond donors (Lipinski definition) is 2. The summed E-state index contributed by atoms with van der Waals surface area (Å²) in [6.07, 6.45) is 2.28. The zero-order valence-corrected chi connectivity index (χ0v) is 12.7. The maximum Gasteiger partial charge on any atom is 0.251 e. The minimum atomic E-state index is -0.310. The van der Waals surface area contributed by atoms with Gasteiger partial charge in [0.25, 0.3) is 5.56 Å². The Morgan fingerprint density at radius 2 is 2.10 bits per heavy atom. The minimum absolute atomic E-state index is 0.186. The SMILES string of the molecule is CCCc1cc(=O)[nH]c(Sc2cc(F)cc(CCN)c2)n1. The number of nitrogens with two attached hydrogens (primary N) is 1. The van der Waals surface area contributed by atoms with Gasteiger partial charge in [-0.25, -0.2) is 9.37 Å². The van der Waals surface area contributed by atoms with Crippen LogP contribution in [0.25, 0.3) is 0 Å². The predicted octanol–water partition coefficient (Wildman–Crippen LogP) is 2.51. The van der Waals surface area contributed by atoms with Crippen LogP contribution in [0.2, 0.25) is 0 Å². The van der Waals surface area contributed by atoms with Crippen LogP contribution >= 0.6 is 11.8 Å². The van der Waals surface area contributed by atoms with Gasteiger partial charge in [0.1, 0.15) is 5.82 Å². The third kappa shape index (κ3) is 4.68. The lowest BCUT2D eigenvalue weighted by Crippen LogP contribution is -2.09. The molecule has 0 amide bonds. The van der Waals surface area contributed by atoms with Crippen LogP contribution in [0, 0.1) is 5.82 Å². The van der Waals surface area contributed by atoms with E-state index in [0.717, 1.165) is 24.1 Å². The van der Waals surface area contributed by atoms with Gasteiger partial charge in [-0.05, 0) is 43.1 Å². The number of benzene rings is 1. The summed E-state index contributed by atoms with van der Waals surface area (Å²) >= 11 is 1.25. The van der Waals surface area contributed by atoms with Crippen LogP contribution in [0.3, 0.4) is 0 Å². The fourth-order valence-electron chi connectivity index (χ4n) is 2.02. The Hall–Kier alpha value is -1.66. The second-order valence-electron chi connectivity index (χ2n) is 4.73.